The lowest BCUT2D eigenvalue weighted by Gasteiger charge is -2.38. The number of carbonyl (C=O) groups is 1. The van der Waals surface area contributed by atoms with Gasteiger partial charge in [-0.25, -0.2) is 4.79 Å². The molecule has 1 aliphatic heterocycles. The molecule has 2 rings (SSSR count). The lowest BCUT2D eigenvalue weighted by atomic mass is 10.0. The van der Waals surface area contributed by atoms with E-state index in [0.717, 1.165) is 6.54 Å². The number of rotatable bonds is 6. The Labute approximate surface area is 139 Å². The smallest absolute Gasteiger partial charge is 0.319 e. The predicted molar refractivity (Wildman–Crippen MR) is 94.1 cm³/mol. The van der Waals surface area contributed by atoms with E-state index in [4.69, 9.17) is 4.74 Å². The second-order valence-electron chi connectivity index (χ2n) is 6.20. The summed E-state index contributed by atoms with van der Waals surface area (Å²) in [6.07, 6.45) is 3.81. The minimum Gasteiger partial charge on any atom is -0.492 e. The van der Waals surface area contributed by atoms with Crippen molar-refractivity contribution in [2.24, 2.45) is 0 Å². The fraction of sp³-hybridized carbons (Fsp3) is 0.611. The Morgan fingerprint density at radius 3 is 2.91 bits per heavy atom. The van der Waals surface area contributed by atoms with E-state index in [0.29, 0.717) is 36.7 Å². The quantitative estimate of drug-likeness (QED) is 0.844. The van der Waals surface area contributed by atoms with E-state index in [-0.39, 0.29) is 6.03 Å². The molecule has 1 aromatic rings. The summed E-state index contributed by atoms with van der Waals surface area (Å²) in [4.78, 5) is 14.6. The number of carbonyl (C=O) groups excluding carboxylic acids is 1. The first kappa shape index (κ1) is 17.6. The maximum atomic E-state index is 12.1. The van der Waals surface area contributed by atoms with Crippen molar-refractivity contribution in [3.8, 4) is 5.75 Å². The van der Waals surface area contributed by atoms with Gasteiger partial charge in [-0.15, -0.1) is 0 Å². The Bertz CT molecular complexity index is 507. The molecule has 23 heavy (non-hydrogen) atoms. The van der Waals surface area contributed by atoms with Crippen molar-refractivity contribution < 1.29 is 9.53 Å². The van der Waals surface area contributed by atoms with Crippen LogP contribution in [0.25, 0.3) is 0 Å². The number of amides is 2. The van der Waals surface area contributed by atoms with E-state index in [2.05, 4.69) is 29.4 Å². The second-order valence-corrected chi connectivity index (χ2v) is 6.20. The molecule has 0 spiro atoms. The Kier molecular flexibility index (Phi) is 6.71. The number of para-hydroxylation sites is 2. The monoisotopic (exact) mass is 319 g/mol. The van der Waals surface area contributed by atoms with E-state index in [1.165, 1.54) is 19.3 Å². The molecule has 2 amide bonds. The molecule has 0 aliphatic carbocycles. The molecule has 0 unspecified atom stereocenters. The van der Waals surface area contributed by atoms with Gasteiger partial charge in [0, 0.05) is 18.6 Å². The van der Waals surface area contributed by atoms with Gasteiger partial charge in [0.1, 0.15) is 5.75 Å². The van der Waals surface area contributed by atoms with Gasteiger partial charge in [0.15, 0.2) is 0 Å². The molecule has 2 N–H and O–H groups in total. The van der Waals surface area contributed by atoms with Gasteiger partial charge in [0.2, 0.25) is 0 Å². The van der Waals surface area contributed by atoms with Gasteiger partial charge in [-0.05, 0) is 52.3 Å². The number of nitrogens with one attached hydrogen (secondary N) is 2. The summed E-state index contributed by atoms with van der Waals surface area (Å²) >= 11 is 0. The van der Waals surface area contributed by atoms with E-state index in [1.807, 2.05) is 31.2 Å². The third-order valence-electron chi connectivity index (χ3n) is 4.41. The highest BCUT2D eigenvalue weighted by Crippen LogP contribution is 2.23. The molecule has 2 atom stereocenters. The first-order valence-electron chi connectivity index (χ1n) is 8.64. The lowest BCUT2D eigenvalue weighted by molar-refractivity contribution is 0.114. The molecule has 1 fully saturated rings. The van der Waals surface area contributed by atoms with Crippen LogP contribution in [0.1, 0.15) is 40.0 Å². The van der Waals surface area contributed by atoms with Crippen molar-refractivity contribution in [2.45, 2.75) is 52.1 Å². The molecule has 5 nitrogen and oxygen atoms in total. The van der Waals surface area contributed by atoms with Crippen LogP contribution in [0.4, 0.5) is 10.5 Å². The van der Waals surface area contributed by atoms with Crippen LogP contribution in [0.2, 0.25) is 0 Å². The largest absolute Gasteiger partial charge is 0.492 e. The maximum absolute atomic E-state index is 12.1. The van der Waals surface area contributed by atoms with E-state index < -0.39 is 0 Å². The number of urea groups is 1. The number of likely N-dealkylation sites (tertiary alicyclic amines) is 1. The summed E-state index contributed by atoms with van der Waals surface area (Å²) in [5, 5.41) is 5.84. The molecule has 0 bridgehead atoms. The van der Waals surface area contributed by atoms with Gasteiger partial charge < -0.3 is 15.4 Å². The van der Waals surface area contributed by atoms with Crippen molar-refractivity contribution in [3.05, 3.63) is 24.3 Å². The van der Waals surface area contributed by atoms with Crippen LogP contribution in [0.5, 0.6) is 5.75 Å². The third-order valence-corrected chi connectivity index (χ3v) is 4.41. The number of piperidine rings is 1. The molecule has 0 radical (unpaired) electrons. The SMILES string of the molecule is CCOc1ccccc1NC(=O)NC[C@H](C)N1CCCC[C@H]1C. The molecule has 0 aromatic heterocycles. The maximum Gasteiger partial charge on any atom is 0.319 e. The molecule has 1 heterocycles. The highest BCUT2D eigenvalue weighted by molar-refractivity contribution is 5.90. The van der Waals surface area contributed by atoms with Crippen LogP contribution < -0.4 is 15.4 Å². The Morgan fingerprint density at radius 2 is 2.17 bits per heavy atom. The highest BCUT2D eigenvalue weighted by Gasteiger charge is 2.23. The van der Waals surface area contributed by atoms with Crippen LogP contribution in [0, 0.1) is 0 Å². The molecule has 1 aliphatic rings. The molecule has 1 saturated heterocycles. The van der Waals surface area contributed by atoms with Gasteiger partial charge in [-0.1, -0.05) is 18.6 Å². The number of benzene rings is 1. The summed E-state index contributed by atoms with van der Waals surface area (Å²) in [6, 6.07) is 8.25. The Hall–Kier alpha value is -1.75. The Balaban J connectivity index is 1.83. The summed E-state index contributed by atoms with van der Waals surface area (Å²) in [6.45, 7) is 8.72. The summed E-state index contributed by atoms with van der Waals surface area (Å²) < 4.78 is 5.52. The average Bonchev–Trinajstić information content (AvgIpc) is 2.55. The van der Waals surface area contributed by atoms with Crippen molar-refractivity contribution in [1.82, 2.24) is 10.2 Å². The fourth-order valence-corrected chi connectivity index (χ4v) is 3.15. The number of anilines is 1. The van der Waals surface area contributed by atoms with E-state index in [9.17, 15) is 4.79 Å². The van der Waals surface area contributed by atoms with Crippen molar-refractivity contribution in [3.63, 3.8) is 0 Å². The van der Waals surface area contributed by atoms with Gasteiger partial charge in [-0.3, -0.25) is 4.90 Å². The summed E-state index contributed by atoms with van der Waals surface area (Å²) in [5.74, 6) is 0.697. The van der Waals surface area contributed by atoms with E-state index in [1.54, 1.807) is 0 Å². The third kappa shape index (κ3) is 5.13. The highest BCUT2D eigenvalue weighted by atomic mass is 16.5. The van der Waals surface area contributed by atoms with Gasteiger partial charge >= 0.3 is 6.03 Å². The van der Waals surface area contributed by atoms with E-state index >= 15 is 0 Å². The topological polar surface area (TPSA) is 53.6 Å². The van der Waals surface area contributed by atoms with Crippen LogP contribution >= 0.6 is 0 Å². The second kappa shape index (κ2) is 8.77. The molecular weight excluding hydrogens is 290 g/mol. The summed E-state index contributed by atoms with van der Waals surface area (Å²) in [7, 11) is 0. The summed E-state index contributed by atoms with van der Waals surface area (Å²) in [5.41, 5.74) is 0.700. The zero-order valence-corrected chi connectivity index (χ0v) is 14.5. The normalized spacial score (nSPS) is 19.9. The van der Waals surface area contributed by atoms with Gasteiger partial charge in [0.05, 0.1) is 12.3 Å². The number of hydrogen-bond acceptors (Lipinski definition) is 3. The van der Waals surface area contributed by atoms with Crippen molar-refractivity contribution in [2.75, 3.05) is 25.0 Å². The van der Waals surface area contributed by atoms with Crippen LogP contribution in [-0.2, 0) is 0 Å². The molecule has 5 heteroatoms. The van der Waals surface area contributed by atoms with Crippen LogP contribution in [0.15, 0.2) is 24.3 Å². The van der Waals surface area contributed by atoms with Gasteiger partial charge in [-0.2, -0.15) is 0 Å². The molecular formula is C18H29N3O2. The number of hydrogen-bond donors (Lipinski definition) is 2. The lowest BCUT2D eigenvalue weighted by Crippen LogP contribution is -2.49. The minimum atomic E-state index is -0.186. The predicted octanol–water partition coefficient (Wildman–Crippen LogP) is 3.47. The fourth-order valence-electron chi connectivity index (χ4n) is 3.15. The Morgan fingerprint density at radius 1 is 1.39 bits per heavy atom. The zero-order valence-electron chi connectivity index (χ0n) is 14.5. The number of ether oxygens (including phenoxy) is 1. The van der Waals surface area contributed by atoms with Crippen molar-refractivity contribution in [1.29, 1.82) is 0 Å². The zero-order chi connectivity index (χ0) is 16.7. The van der Waals surface area contributed by atoms with Crippen LogP contribution in [-0.4, -0.2) is 42.7 Å². The average molecular weight is 319 g/mol. The minimum absolute atomic E-state index is 0.186. The first-order chi connectivity index (χ1) is 11.1. The van der Waals surface area contributed by atoms with Crippen molar-refractivity contribution >= 4 is 11.7 Å². The molecule has 0 saturated carbocycles. The number of nitrogens with zero attached hydrogens (tertiary/aromatic N) is 1. The standard InChI is InChI=1S/C18H29N3O2/c1-4-23-17-11-6-5-10-16(17)20-18(22)19-13-15(3)21-12-8-7-9-14(21)2/h5-6,10-11,14-15H,4,7-9,12-13H2,1-3H3,(H2,19,20,22)/t14-,15+/m1/s1. The van der Waals surface area contributed by atoms with Crippen LogP contribution in [0.3, 0.4) is 0 Å². The molecule has 128 valence electrons. The van der Waals surface area contributed by atoms with Gasteiger partial charge in [0.25, 0.3) is 0 Å². The first-order valence-corrected chi connectivity index (χ1v) is 8.64. The molecule has 1 aromatic carbocycles.